The molecule has 0 bridgehead atoms. The largest absolute Gasteiger partial charge is 0.316 e. The van der Waals surface area contributed by atoms with Gasteiger partial charge in [0.05, 0.1) is 5.52 Å². The highest BCUT2D eigenvalue weighted by atomic mass is 19.1. The van der Waals surface area contributed by atoms with Crippen molar-refractivity contribution in [3.05, 3.63) is 46.9 Å². The summed E-state index contributed by atoms with van der Waals surface area (Å²) in [7, 11) is 0. The highest BCUT2D eigenvalue weighted by Crippen LogP contribution is 2.48. The summed E-state index contributed by atoms with van der Waals surface area (Å²) >= 11 is 0. The molecule has 154 valence electrons. The van der Waals surface area contributed by atoms with Crippen molar-refractivity contribution in [3.63, 3.8) is 0 Å². The van der Waals surface area contributed by atoms with Gasteiger partial charge in [-0.05, 0) is 74.4 Å². The molecule has 2 aromatic rings. The Labute approximate surface area is 173 Å². The number of nitrogens with one attached hydrogen (secondary N) is 2. The summed E-state index contributed by atoms with van der Waals surface area (Å²) in [6.45, 7) is 5.93. The van der Waals surface area contributed by atoms with Gasteiger partial charge in [-0.2, -0.15) is 0 Å². The first-order chi connectivity index (χ1) is 14.2. The van der Waals surface area contributed by atoms with E-state index in [0.29, 0.717) is 11.3 Å². The molecule has 3 nitrogen and oxygen atoms in total. The predicted octanol–water partition coefficient (Wildman–Crippen LogP) is 5.09. The highest BCUT2D eigenvalue weighted by Gasteiger charge is 2.38. The van der Waals surface area contributed by atoms with Crippen LogP contribution in [-0.2, 0) is 0 Å². The number of halogens is 1. The Kier molecular flexibility index (Phi) is 5.17. The maximum atomic E-state index is 16.0. The van der Waals surface area contributed by atoms with Gasteiger partial charge in [0, 0.05) is 41.7 Å². The first kappa shape index (κ1) is 19.2. The van der Waals surface area contributed by atoms with Crippen molar-refractivity contribution < 1.29 is 4.39 Å². The summed E-state index contributed by atoms with van der Waals surface area (Å²) in [5.74, 6) is 0.365. The van der Waals surface area contributed by atoms with Crippen LogP contribution in [0.5, 0.6) is 0 Å². The first-order valence-corrected chi connectivity index (χ1v) is 11.4. The summed E-state index contributed by atoms with van der Waals surface area (Å²) < 4.78 is 16.0. The number of aromatic nitrogens is 1. The van der Waals surface area contributed by atoms with E-state index in [4.69, 9.17) is 4.98 Å². The predicted molar refractivity (Wildman–Crippen MR) is 118 cm³/mol. The van der Waals surface area contributed by atoms with E-state index < -0.39 is 0 Å². The lowest BCUT2D eigenvalue weighted by atomic mass is 9.65. The fraction of sp³-hybridized carbons (Fsp3) is 0.560. The van der Waals surface area contributed by atoms with Crippen molar-refractivity contribution in [1.29, 1.82) is 0 Å². The van der Waals surface area contributed by atoms with E-state index in [1.807, 2.05) is 12.1 Å². The Morgan fingerprint density at radius 1 is 1.10 bits per heavy atom. The van der Waals surface area contributed by atoms with Crippen molar-refractivity contribution in [2.75, 3.05) is 26.2 Å². The zero-order valence-electron chi connectivity index (χ0n) is 17.5. The number of fused-ring (bicyclic) bond motifs is 1. The van der Waals surface area contributed by atoms with Crippen molar-refractivity contribution >= 4 is 16.5 Å². The minimum atomic E-state index is -0.0712. The number of nitrogens with zero attached hydrogens (tertiary/aromatic N) is 1. The molecule has 4 heteroatoms. The number of pyridine rings is 1. The van der Waals surface area contributed by atoms with Crippen LogP contribution >= 0.6 is 0 Å². The zero-order chi connectivity index (χ0) is 19.8. The minimum Gasteiger partial charge on any atom is -0.316 e. The van der Waals surface area contributed by atoms with Crippen LogP contribution in [0.25, 0.3) is 16.5 Å². The van der Waals surface area contributed by atoms with E-state index in [1.54, 1.807) is 0 Å². The van der Waals surface area contributed by atoms with Gasteiger partial charge in [0.2, 0.25) is 0 Å². The second-order valence-electron chi connectivity index (χ2n) is 9.29. The monoisotopic (exact) mass is 393 g/mol. The Hall–Kier alpha value is -1.78. The third-order valence-electron chi connectivity index (χ3n) is 7.49. The van der Waals surface area contributed by atoms with Crippen LogP contribution in [-0.4, -0.2) is 31.2 Å². The average molecular weight is 394 g/mol. The maximum Gasteiger partial charge on any atom is 0.140 e. The topological polar surface area (TPSA) is 37.0 Å². The molecule has 1 aromatic heterocycles. The molecule has 2 aliphatic heterocycles. The normalized spacial score (nSPS) is 24.6. The van der Waals surface area contributed by atoms with Gasteiger partial charge in [-0.15, -0.1) is 0 Å². The lowest BCUT2D eigenvalue weighted by molar-refractivity contribution is 0.255. The summed E-state index contributed by atoms with van der Waals surface area (Å²) in [5, 5.41) is 7.72. The average Bonchev–Trinajstić information content (AvgIpc) is 2.76. The molecule has 29 heavy (non-hydrogen) atoms. The van der Waals surface area contributed by atoms with Crippen LogP contribution in [0, 0.1) is 18.2 Å². The molecule has 2 fully saturated rings. The molecule has 1 aromatic carbocycles. The Morgan fingerprint density at radius 3 is 2.76 bits per heavy atom. The lowest BCUT2D eigenvalue weighted by Crippen LogP contribution is -2.41. The molecule has 0 radical (unpaired) electrons. The molecule has 1 spiro atoms. The number of hydrogen-bond donors (Lipinski definition) is 2. The van der Waals surface area contributed by atoms with Crippen molar-refractivity contribution in [2.24, 2.45) is 5.41 Å². The van der Waals surface area contributed by atoms with Crippen LogP contribution in [0.15, 0.2) is 24.3 Å². The summed E-state index contributed by atoms with van der Waals surface area (Å²) in [6, 6.07) is 6.12. The summed E-state index contributed by atoms with van der Waals surface area (Å²) in [5.41, 5.74) is 5.18. The minimum absolute atomic E-state index is 0.0712. The number of hydrogen-bond acceptors (Lipinski definition) is 3. The van der Waals surface area contributed by atoms with Crippen molar-refractivity contribution in [2.45, 2.75) is 57.8 Å². The van der Waals surface area contributed by atoms with Crippen molar-refractivity contribution in [1.82, 2.24) is 15.6 Å². The highest BCUT2D eigenvalue weighted by molar-refractivity contribution is 5.86. The van der Waals surface area contributed by atoms with E-state index in [1.165, 1.54) is 36.8 Å². The van der Waals surface area contributed by atoms with Crippen molar-refractivity contribution in [3.8, 4) is 0 Å². The molecule has 5 rings (SSSR count). The molecule has 1 unspecified atom stereocenters. The van der Waals surface area contributed by atoms with Gasteiger partial charge in [-0.25, -0.2) is 4.39 Å². The Morgan fingerprint density at radius 2 is 1.97 bits per heavy atom. The third-order valence-corrected chi connectivity index (χ3v) is 7.49. The van der Waals surface area contributed by atoms with Crippen LogP contribution in [0.3, 0.4) is 0 Å². The molecule has 1 saturated heterocycles. The van der Waals surface area contributed by atoms with Gasteiger partial charge < -0.3 is 10.6 Å². The lowest BCUT2D eigenvalue weighted by Gasteiger charge is -2.42. The molecule has 3 heterocycles. The molecular weight excluding hydrogens is 361 g/mol. The third kappa shape index (κ3) is 3.40. The van der Waals surface area contributed by atoms with E-state index in [0.717, 1.165) is 62.2 Å². The van der Waals surface area contributed by atoms with E-state index in [-0.39, 0.29) is 11.2 Å². The molecule has 1 saturated carbocycles. The van der Waals surface area contributed by atoms with Gasteiger partial charge in [-0.3, -0.25) is 4.98 Å². The quantitative estimate of drug-likeness (QED) is 0.746. The van der Waals surface area contributed by atoms with E-state index in [2.05, 4.69) is 29.7 Å². The number of aryl methyl sites for hydroxylation is 1. The number of piperidine rings is 1. The van der Waals surface area contributed by atoms with Crippen LogP contribution in [0.4, 0.5) is 4.39 Å². The smallest absolute Gasteiger partial charge is 0.140 e. The summed E-state index contributed by atoms with van der Waals surface area (Å²) in [4.78, 5) is 4.80. The number of rotatable bonds is 2. The molecule has 1 aliphatic carbocycles. The molecular formula is C25H32FN3. The Bertz CT molecular complexity index is 937. The second-order valence-corrected chi connectivity index (χ2v) is 9.29. The van der Waals surface area contributed by atoms with Crippen LogP contribution in [0.1, 0.15) is 67.7 Å². The number of benzene rings is 1. The molecule has 2 N–H and O–H groups in total. The zero-order valence-corrected chi connectivity index (χ0v) is 17.5. The van der Waals surface area contributed by atoms with Gasteiger partial charge in [0.1, 0.15) is 5.82 Å². The van der Waals surface area contributed by atoms with Gasteiger partial charge in [0.25, 0.3) is 0 Å². The molecule has 3 aliphatic rings. The second kappa shape index (κ2) is 7.81. The maximum absolute atomic E-state index is 16.0. The van der Waals surface area contributed by atoms with E-state index >= 15 is 4.39 Å². The Balaban J connectivity index is 1.60. The molecule has 1 atom stereocenters. The van der Waals surface area contributed by atoms with Crippen LogP contribution in [0.2, 0.25) is 0 Å². The standard InChI is InChI=1S/C25H32FN3/c1-17-20(18-6-5-12-27-15-18)14-21-23(29-17)8-7-19(24(21)26)22-9-13-28-16-25(22)10-3-2-4-11-25/h7-9,14,18,27-28H,2-6,10-13,15-16H2,1H3. The van der Waals surface area contributed by atoms with Gasteiger partial charge >= 0.3 is 0 Å². The fourth-order valence-electron chi connectivity index (χ4n) is 5.93. The van der Waals surface area contributed by atoms with Crippen LogP contribution < -0.4 is 10.6 Å². The summed E-state index contributed by atoms with van der Waals surface area (Å²) in [6.07, 6.45) is 10.7. The van der Waals surface area contributed by atoms with E-state index in [9.17, 15) is 0 Å². The molecule has 0 amide bonds. The van der Waals surface area contributed by atoms with Gasteiger partial charge in [-0.1, -0.05) is 25.3 Å². The van der Waals surface area contributed by atoms with Gasteiger partial charge in [0.15, 0.2) is 0 Å². The SMILES string of the molecule is Cc1nc2ccc(C3=CCNCC34CCCCC4)c(F)c2cc1C1CCCNC1. The fourth-order valence-corrected chi connectivity index (χ4v) is 5.93. The first-order valence-electron chi connectivity index (χ1n) is 11.4.